The maximum atomic E-state index is 11.2. The molecule has 63 valence electrons. The van der Waals surface area contributed by atoms with Crippen molar-refractivity contribution >= 4 is 0 Å². The van der Waals surface area contributed by atoms with Crippen molar-refractivity contribution in [2.24, 2.45) is 5.92 Å². The van der Waals surface area contributed by atoms with E-state index in [0.29, 0.717) is 0 Å². The quantitative estimate of drug-likeness (QED) is 0.441. The van der Waals surface area contributed by atoms with Crippen LogP contribution in [0.2, 0.25) is 0 Å². The molecule has 0 heterocycles. The average molecular weight is 163 g/mol. The molecule has 0 aromatic heterocycles. The number of unbranched alkanes of at least 4 members (excludes halogenated alkanes) is 2. The Morgan fingerprint density at radius 3 is 2.83 bits per heavy atom. The van der Waals surface area contributed by atoms with Crippen LogP contribution in [0.25, 0.3) is 0 Å². The third-order valence-corrected chi connectivity index (χ3v) is 1.89. The molecule has 0 amide bonds. The first-order chi connectivity index (χ1) is 5.93. The van der Waals surface area contributed by atoms with Gasteiger partial charge in [-0.2, -0.15) is 0 Å². The fourth-order valence-electron chi connectivity index (χ4n) is 1.08. The van der Waals surface area contributed by atoms with Gasteiger partial charge in [-0.3, -0.25) is 0 Å². The Bertz CT molecular complexity index is 229. The molecule has 1 aliphatic rings. The van der Waals surface area contributed by atoms with Gasteiger partial charge in [0.05, 0.1) is 0 Å². The topological polar surface area (TPSA) is 0 Å². The van der Waals surface area contributed by atoms with Crippen molar-refractivity contribution in [2.75, 3.05) is 0 Å². The predicted octanol–water partition coefficient (Wildman–Crippen LogP) is 2.70. The summed E-state index contributed by atoms with van der Waals surface area (Å²) in [6.07, 6.45) is 9.40. The SMILES string of the molecule is FC#CC#CCCCCC1[CH]C1. The van der Waals surface area contributed by atoms with Crippen LogP contribution < -0.4 is 0 Å². The molecule has 1 aliphatic carbocycles. The maximum absolute atomic E-state index is 11.2. The van der Waals surface area contributed by atoms with Crippen LogP contribution in [0.1, 0.15) is 32.1 Å². The van der Waals surface area contributed by atoms with Crippen LogP contribution in [-0.2, 0) is 0 Å². The molecule has 1 radical (unpaired) electrons. The summed E-state index contributed by atoms with van der Waals surface area (Å²) in [5, 5.41) is 0. The first-order valence-corrected chi connectivity index (χ1v) is 4.35. The largest absolute Gasteiger partial charge is 0.143 e. The molecule has 1 saturated carbocycles. The molecule has 1 heteroatoms. The Morgan fingerprint density at radius 1 is 1.33 bits per heavy atom. The average Bonchev–Trinajstić information content (AvgIpc) is 2.87. The lowest BCUT2D eigenvalue weighted by molar-refractivity contribution is 0.650. The summed E-state index contributed by atoms with van der Waals surface area (Å²) in [5.41, 5.74) is 0. The number of hydrogen-bond acceptors (Lipinski definition) is 0. The lowest BCUT2D eigenvalue weighted by Crippen LogP contribution is -1.77. The highest BCUT2D eigenvalue weighted by Crippen LogP contribution is 2.32. The van der Waals surface area contributed by atoms with Gasteiger partial charge in [0.15, 0.2) is 0 Å². The molecule has 0 aromatic carbocycles. The highest BCUT2D eigenvalue weighted by atomic mass is 19.1. The third-order valence-electron chi connectivity index (χ3n) is 1.89. The van der Waals surface area contributed by atoms with E-state index in [0.717, 1.165) is 18.8 Å². The van der Waals surface area contributed by atoms with Gasteiger partial charge < -0.3 is 0 Å². The van der Waals surface area contributed by atoms with E-state index in [1.54, 1.807) is 0 Å². The molecule has 0 bridgehead atoms. The normalized spacial score (nSPS) is 14.1. The minimum atomic E-state index is 0.849. The van der Waals surface area contributed by atoms with E-state index in [-0.39, 0.29) is 0 Å². The zero-order chi connectivity index (χ0) is 8.65. The Balaban J connectivity index is 1.87. The highest BCUT2D eigenvalue weighted by molar-refractivity contribution is 5.23. The molecule has 0 spiro atoms. The second-order valence-electron chi connectivity index (χ2n) is 3.00. The van der Waals surface area contributed by atoms with E-state index in [9.17, 15) is 4.39 Å². The van der Waals surface area contributed by atoms with E-state index < -0.39 is 0 Å². The number of rotatable bonds is 4. The summed E-state index contributed by atoms with van der Waals surface area (Å²) in [6.45, 7) is 0. The molecule has 1 fully saturated rings. The number of halogens is 1. The lowest BCUT2D eigenvalue weighted by Gasteiger charge is -1.92. The van der Waals surface area contributed by atoms with Crippen molar-refractivity contribution in [1.82, 2.24) is 0 Å². The molecule has 0 aromatic rings. The Hall–Kier alpha value is -0.950. The van der Waals surface area contributed by atoms with Gasteiger partial charge in [-0.25, -0.2) is 0 Å². The van der Waals surface area contributed by atoms with E-state index in [4.69, 9.17) is 0 Å². The zero-order valence-electron chi connectivity index (χ0n) is 7.07. The van der Waals surface area contributed by atoms with Gasteiger partial charge >= 0.3 is 0 Å². The molecule has 1 unspecified atom stereocenters. The molecule has 0 nitrogen and oxygen atoms in total. The van der Waals surface area contributed by atoms with E-state index in [1.807, 2.05) is 0 Å². The van der Waals surface area contributed by atoms with Crippen molar-refractivity contribution in [1.29, 1.82) is 0 Å². The van der Waals surface area contributed by atoms with Crippen LogP contribution in [0, 0.1) is 36.3 Å². The van der Waals surface area contributed by atoms with Gasteiger partial charge in [-0.05, 0) is 31.1 Å². The van der Waals surface area contributed by atoms with Crippen LogP contribution in [0.15, 0.2) is 0 Å². The van der Waals surface area contributed by atoms with Gasteiger partial charge in [0.1, 0.15) is 6.17 Å². The maximum Gasteiger partial charge on any atom is 0.119 e. The summed E-state index contributed by atoms with van der Waals surface area (Å²) < 4.78 is 11.2. The minimum absolute atomic E-state index is 0.849. The molecule has 1 rings (SSSR count). The smallest absolute Gasteiger partial charge is 0.119 e. The Kier molecular flexibility index (Phi) is 4.32. The van der Waals surface area contributed by atoms with Crippen molar-refractivity contribution in [2.45, 2.75) is 32.1 Å². The van der Waals surface area contributed by atoms with Crippen LogP contribution in [-0.4, -0.2) is 0 Å². The summed E-state index contributed by atoms with van der Waals surface area (Å²) >= 11 is 0. The number of hydrogen-bond donors (Lipinski definition) is 0. The fourth-order valence-corrected chi connectivity index (χ4v) is 1.08. The van der Waals surface area contributed by atoms with Crippen molar-refractivity contribution in [3.63, 3.8) is 0 Å². The Labute approximate surface area is 73.5 Å². The van der Waals surface area contributed by atoms with Gasteiger partial charge in [-0.1, -0.05) is 18.8 Å². The second kappa shape index (κ2) is 5.67. The van der Waals surface area contributed by atoms with E-state index in [2.05, 4.69) is 24.2 Å². The van der Waals surface area contributed by atoms with Crippen LogP contribution in [0.3, 0.4) is 0 Å². The van der Waals surface area contributed by atoms with Crippen LogP contribution in [0.5, 0.6) is 0 Å². The summed E-state index contributed by atoms with van der Waals surface area (Å²) in [4.78, 5) is 0. The molecule has 12 heavy (non-hydrogen) atoms. The van der Waals surface area contributed by atoms with Gasteiger partial charge in [0.25, 0.3) is 0 Å². The lowest BCUT2D eigenvalue weighted by atomic mass is 10.1. The van der Waals surface area contributed by atoms with Crippen LogP contribution in [0.4, 0.5) is 4.39 Å². The minimum Gasteiger partial charge on any atom is -0.143 e. The molecular formula is C11H12F. The Morgan fingerprint density at radius 2 is 2.17 bits per heavy atom. The van der Waals surface area contributed by atoms with Crippen molar-refractivity contribution < 1.29 is 4.39 Å². The molecule has 0 saturated heterocycles. The van der Waals surface area contributed by atoms with Gasteiger partial charge in [0.2, 0.25) is 0 Å². The third kappa shape index (κ3) is 4.80. The molecule has 1 atom stereocenters. The van der Waals surface area contributed by atoms with Crippen LogP contribution >= 0.6 is 0 Å². The summed E-state index contributed by atoms with van der Waals surface area (Å²) in [7, 11) is 0. The first-order valence-electron chi connectivity index (χ1n) is 4.35. The zero-order valence-corrected chi connectivity index (χ0v) is 7.07. The molecule has 0 N–H and O–H groups in total. The first kappa shape index (κ1) is 9.14. The highest BCUT2D eigenvalue weighted by Gasteiger charge is 2.20. The van der Waals surface area contributed by atoms with Crippen molar-refractivity contribution in [3.8, 4) is 23.9 Å². The predicted molar refractivity (Wildman–Crippen MR) is 47.5 cm³/mol. The standard InChI is InChI=1S/C11H12F/c12-10-6-4-2-1-3-5-7-11-8-9-11/h8,11H,1,3,5,7,9H2. The fraction of sp³-hybridized carbons (Fsp3) is 0.545. The van der Waals surface area contributed by atoms with Gasteiger partial charge in [-0.15, -0.1) is 4.39 Å². The molecule has 0 aliphatic heterocycles. The molecular weight excluding hydrogens is 151 g/mol. The second-order valence-corrected chi connectivity index (χ2v) is 3.00. The van der Waals surface area contributed by atoms with Gasteiger partial charge in [0, 0.05) is 12.3 Å². The van der Waals surface area contributed by atoms with E-state index in [1.165, 1.54) is 25.4 Å². The van der Waals surface area contributed by atoms with Crippen molar-refractivity contribution in [3.05, 3.63) is 6.42 Å². The van der Waals surface area contributed by atoms with E-state index >= 15 is 0 Å². The summed E-state index contributed by atoms with van der Waals surface area (Å²) in [5.74, 6) is 8.22. The monoisotopic (exact) mass is 163 g/mol. The summed E-state index contributed by atoms with van der Waals surface area (Å²) in [6, 6.07) is 0.